The van der Waals surface area contributed by atoms with Gasteiger partial charge in [0.2, 0.25) is 0 Å². The predicted molar refractivity (Wildman–Crippen MR) is 84.1 cm³/mol. The van der Waals surface area contributed by atoms with Gasteiger partial charge in [0.05, 0.1) is 7.11 Å². The molecule has 1 aromatic carbocycles. The van der Waals surface area contributed by atoms with Crippen LogP contribution >= 0.6 is 0 Å². The number of hydrogen-bond acceptors (Lipinski definition) is 3. The van der Waals surface area contributed by atoms with Gasteiger partial charge in [-0.2, -0.15) is 0 Å². The Hall–Kier alpha value is -2.23. The normalized spacial score (nSPS) is 10.8. The van der Waals surface area contributed by atoms with Crippen LogP contribution in [0.3, 0.4) is 0 Å². The van der Waals surface area contributed by atoms with Gasteiger partial charge in [0.15, 0.2) is 0 Å². The number of aromatic carboxylic acids is 1. The minimum atomic E-state index is -1.15. The summed E-state index contributed by atoms with van der Waals surface area (Å²) in [5, 5.41) is 19.7. The van der Waals surface area contributed by atoms with Crippen LogP contribution in [0.1, 0.15) is 48.2 Å². The number of rotatable bonds is 7. The third-order valence-electron chi connectivity index (χ3n) is 3.16. The zero-order chi connectivity index (χ0) is 16.0. The molecule has 1 rings (SSSR count). The van der Waals surface area contributed by atoms with Crippen LogP contribution in [0.4, 0.5) is 0 Å². The van der Waals surface area contributed by atoms with Gasteiger partial charge in [-0.1, -0.05) is 24.6 Å². The van der Waals surface area contributed by atoms with Crippen LogP contribution in [0, 0.1) is 0 Å². The molecular formula is C17H22O4. The first-order valence-corrected chi connectivity index (χ1v) is 6.89. The average Bonchev–Trinajstić information content (AvgIpc) is 2.42. The number of phenols is 1. The fourth-order valence-corrected chi connectivity index (χ4v) is 2.07. The molecule has 0 atom stereocenters. The van der Waals surface area contributed by atoms with Gasteiger partial charge in [-0.05, 0) is 37.8 Å². The van der Waals surface area contributed by atoms with E-state index in [2.05, 4.69) is 6.58 Å². The highest BCUT2D eigenvalue weighted by molar-refractivity contribution is 5.96. The van der Waals surface area contributed by atoms with E-state index in [1.807, 2.05) is 19.9 Å². The highest BCUT2D eigenvalue weighted by Gasteiger charge is 2.21. The van der Waals surface area contributed by atoms with Gasteiger partial charge < -0.3 is 14.9 Å². The van der Waals surface area contributed by atoms with Gasteiger partial charge in [0.1, 0.15) is 17.1 Å². The minimum Gasteiger partial charge on any atom is -0.507 e. The lowest BCUT2D eigenvalue weighted by Crippen LogP contribution is -2.05. The largest absolute Gasteiger partial charge is 0.507 e. The molecule has 0 aliphatic rings. The van der Waals surface area contributed by atoms with Gasteiger partial charge in [0.25, 0.3) is 0 Å². The van der Waals surface area contributed by atoms with E-state index < -0.39 is 5.97 Å². The van der Waals surface area contributed by atoms with E-state index in [4.69, 9.17) is 4.74 Å². The lowest BCUT2D eigenvalue weighted by atomic mass is 9.96. The summed E-state index contributed by atoms with van der Waals surface area (Å²) in [5.41, 5.74) is 1.82. The van der Waals surface area contributed by atoms with Crippen molar-refractivity contribution in [3.63, 3.8) is 0 Å². The maximum absolute atomic E-state index is 11.4. The first-order valence-electron chi connectivity index (χ1n) is 6.89. The monoisotopic (exact) mass is 290 g/mol. The second-order valence-electron chi connectivity index (χ2n) is 4.94. The molecule has 1 aromatic rings. The zero-order valence-corrected chi connectivity index (χ0v) is 12.8. The second-order valence-corrected chi connectivity index (χ2v) is 4.94. The van der Waals surface area contributed by atoms with E-state index in [1.165, 1.54) is 7.11 Å². The van der Waals surface area contributed by atoms with E-state index in [1.54, 1.807) is 12.1 Å². The van der Waals surface area contributed by atoms with Crippen molar-refractivity contribution >= 4 is 12.0 Å². The first kappa shape index (κ1) is 16.8. The molecule has 0 saturated heterocycles. The second kappa shape index (κ2) is 7.53. The quantitative estimate of drug-likeness (QED) is 0.744. The summed E-state index contributed by atoms with van der Waals surface area (Å²) >= 11 is 0. The molecule has 114 valence electrons. The summed E-state index contributed by atoms with van der Waals surface area (Å²) in [7, 11) is 1.51. The van der Waals surface area contributed by atoms with Crippen molar-refractivity contribution in [1.82, 2.24) is 0 Å². The van der Waals surface area contributed by atoms with E-state index in [0.29, 0.717) is 29.7 Å². The molecular weight excluding hydrogens is 268 g/mol. The van der Waals surface area contributed by atoms with Gasteiger partial charge in [-0.25, -0.2) is 4.79 Å². The molecule has 0 fully saturated rings. The van der Waals surface area contributed by atoms with Crippen molar-refractivity contribution in [2.24, 2.45) is 0 Å². The molecule has 4 heteroatoms. The number of benzene rings is 1. The highest BCUT2D eigenvalue weighted by atomic mass is 16.5. The Morgan fingerprint density at radius 2 is 2.14 bits per heavy atom. The summed E-state index contributed by atoms with van der Waals surface area (Å²) in [4.78, 5) is 11.4. The summed E-state index contributed by atoms with van der Waals surface area (Å²) in [5.74, 6) is -0.879. The van der Waals surface area contributed by atoms with Crippen molar-refractivity contribution in [1.29, 1.82) is 0 Å². The molecule has 0 unspecified atom stereocenters. The number of carboxylic acids is 1. The number of methoxy groups -OCH3 is 1. The maximum atomic E-state index is 11.4. The van der Waals surface area contributed by atoms with Crippen LogP contribution in [-0.2, 0) is 6.42 Å². The molecule has 0 amide bonds. The van der Waals surface area contributed by atoms with E-state index in [-0.39, 0.29) is 11.3 Å². The van der Waals surface area contributed by atoms with Crippen LogP contribution in [0.25, 0.3) is 6.08 Å². The van der Waals surface area contributed by atoms with Crippen LogP contribution < -0.4 is 4.74 Å². The van der Waals surface area contributed by atoms with E-state index in [9.17, 15) is 15.0 Å². The molecule has 21 heavy (non-hydrogen) atoms. The van der Waals surface area contributed by atoms with Crippen molar-refractivity contribution in [2.75, 3.05) is 7.11 Å². The zero-order valence-electron chi connectivity index (χ0n) is 12.8. The summed E-state index contributed by atoms with van der Waals surface area (Å²) in [6.07, 6.45) is 5.46. The van der Waals surface area contributed by atoms with Gasteiger partial charge in [0, 0.05) is 5.56 Å². The fourth-order valence-electron chi connectivity index (χ4n) is 2.07. The Morgan fingerprint density at radius 1 is 1.48 bits per heavy atom. The van der Waals surface area contributed by atoms with Crippen LogP contribution in [0.5, 0.6) is 11.5 Å². The predicted octanol–water partition coefficient (Wildman–Crippen LogP) is 4.03. The lowest BCUT2D eigenvalue weighted by molar-refractivity contribution is 0.0693. The third kappa shape index (κ3) is 4.12. The van der Waals surface area contributed by atoms with Crippen molar-refractivity contribution in [3.8, 4) is 11.5 Å². The standard InChI is InChI=1S/C17H22O4/c1-5-6-7-12-10-14(21-4)13(9-8-11(2)3)16(18)15(12)17(19)20/h6-7,10,18H,2,5,8-9H2,1,3-4H3,(H,19,20)/b7-6+. The third-order valence-corrected chi connectivity index (χ3v) is 3.16. The number of allylic oxidation sites excluding steroid dienone is 2. The van der Waals surface area contributed by atoms with Gasteiger partial charge >= 0.3 is 5.97 Å². The molecule has 4 nitrogen and oxygen atoms in total. The SMILES string of the molecule is C=C(C)CCc1c(OC)cc(/C=C/CC)c(C(=O)O)c1O. The van der Waals surface area contributed by atoms with Crippen molar-refractivity contribution < 1.29 is 19.7 Å². The molecule has 0 aliphatic carbocycles. The van der Waals surface area contributed by atoms with Crippen molar-refractivity contribution in [3.05, 3.63) is 41.0 Å². The molecule has 0 saturated carbocycles. The summed E-state index contributed by atoms with van der Waals surface area (Å²) in [6, 6.07) is 1.66. The number of aromatic hydroxyl groups is 1. The smallest absolute Gasteiger partial charge is 0.340 e. The Kier molecular flexibility index (Phi) is 6.03. The molecule has 0 radical (unpaired) electrons. The Balaban J connectivity index is 3.44. The topological polar surface area (TPSA) is 66.8 Å². The molecule has 0 aliphatic heterocycles. The summed E-state index contributed by atoms with van der Waals surface area (Å²) < 4.78 is 5.30. The Bertz CT molecular complexity index is 571. The maximum Gasteiger partial charge on any atom is 0.340 e. The first-order chi connectivity index (χ1) is 9.92. The van der Waals surface area contributed by atoms with Crippen LogP contribution in [-0.4, -0.2) is 23.3 Å². The number of hydrogen-bond donors (Lipinski definition) is 2. The molecule has 0 aromatic heterocycles. The van der Waals surface area contributed by atoms with E-state index >= 15 is 0 Å². The fraction of sp³-hybridized carbons (Fsp3) is 0.353. The van der Waals surface area contributed by atoms with Crippen molar-refractivity contribution in [2.45, 2.75) is 33.1 Å². The lowest BCUT2D eigenvalue weighted by Gasteiger charge is -2.15. The van der Waals surface area contributed by atoms with Crippen LogP contribution in [0.15, 0.2) is 24.3 Å². The number of carboxylic acid groups (broad SMARTS) is 1. The highest BCUT2D eigenvalue weighted by Crippen LogP contribution is 2.36. The molecule has 0 bridgehead atoms. The van der Waals surface area contributed by atoms with E-state index in [0.717, 1.165) is 12.0 Å². The van der Waals surface area contributed by atoms with Crippen LogP contribution in [0.2, 0.25) is 0 Å². The average molecular weight is 290 g/mol. The Labute approximate surface area is 125 Å². The minimum absolute atomic E-state index is 0.0859. The van der Waals surface area contributed by atoms with Gasteiger partial charge in [-0.3, -0.25) is 0 Å². The molecule has 0 spiro atoms. The number of ether oxygens (including phenoxy) is 1. The molecule has 2 N–H and O–H groups in total. The Morgan fingerprint density at radius 3 is 2.62 bits per heavy atom. The van der Waals surface area contributed by atoms with Gasteiger partial charge in [-0.15, -0.1) is 6.58 Å². The molecule has 0 heterocycles. The number of carbonyl (C=O) groups is 1. The summed E-state index contributed by atoms with van der Waals surface area (Å²) in [6.45, 7) is 7.66.